The van der Waals surface area contributed by atoms with Crippen molar-refractivity contribution in [2.45, 2.75) is 40.2 Å². The molecule has 1 aromatic carbocycles. The Labute approximate surface area is 119 Å². The highest BCUT2D eigenvalue weighted by Gasteiger charge is 2.13. The second kappa shape index (κ2) is 5.90. The zero-order chi connectivity index (χ0) is 14.7. The van der Waals surface area contributed by atoms with E-state index in [1.165, 1.54) is 11.1 Å². The predicted octanol–water partition coefficient (Wildman–Crippen LogP) is 2.87. The highest BCUT2D eigenvalue weighted by atomic mass is 16.4. The van der Waals surface area contributed by atoms with Crippen LogP contribution < -0.4 is 0 Å². The van der Waals surface area contributed by atoms with Gasteiger partial charge in [-0.3, -0.25) is 9.48 Å². The third kappa shape index (κ3) is 3.07. The Bertz CT molecular complexity index is 629. The number of carboxylic acid groups (broad SMARTS) is 1. The summed E-state index contributed by atoms with van der Waals surface area (Å²) < 4.78 is 1.97. The largest absolute Gasteiger partial charge is 0.481 e. The third-order valence-electron chi connectivity index (χ3n) is 3.70. The lowest BCUT2D eigenvalue weighted by molar-refractivity contribution is -0.136. The van der Waals surface area contributed by atoms with Crippen molar-refractivity contribution in [3.05, 3.63) is 52.3 Å². The summed E-state index contributed by atoms with van der Waals surface area (Å²) >= 11 is 0. The van der Waals surface area contributed by atoms with E-state index in [0.29, 0.717) is 6.42 Å². The summed E-state index contributed by atoms with van der Waals surface area (Å²) in [4.78, 5) is 10.7. The fraction of sp³-hybridized carbons (Fsp3) is 0.375. The average molecular weight is 272 g/mol. The van der Waals surface area contributed by atoms with Crippen molar-refractivity contribution in [2.75, 3.05) is 0 Å². The molecule has 0 amide bonds. The number of aryl methyl sites for hydroxylation is 2. The van der Waals surface area contributed by atoms with Crippen LogP contribution in [0.2, 0.25) is 0 Å². The standard InChI is InChI=1S/C16H20N2O2/c1-11-6-4-5-7-14(11)10-18-13(3)15(12(2)17-18)8-9-16(19)20/h4-7H,8-10H2,1-3H3,(H,19,20). The van der Waals surface area contributed by atoms with Gasteiger partial charge in [-0.05, 0) is 43.9 Å². The van der Waals surface area contributed by atoms with Gasteiger partial charge in [-0.1, -0.05) is 24.3 Å². The molecule has 0 aliphatic rings. The lowest BCUT2D eigenvalue weighted by Gasteiger charge is -2.08. The first-order valence-electron chi connectivity index (χ1n) is 6.78. The molecule has 2 aromatic rings. The smallest absolute Gasteiger partial charge is 0.303 e. The van der Waals surface area contributed by atoms with Gasteiger partial charge >= 0.3 is 5.97 Å². The SMILES string of the molecule is Cc1ccccc1Cn1nc(C)c(CCC(=O)O)c1C. The topological polar surface area (TPSA) is 55.1 Å². The Hall–Kier alpha value is -2.10. The van der Waals surface area contributed by atoms with Crippen LogP contribution in [0.4, 0.5) is 0 Å². The van der Waals surface area contributed by atoms with Gasteiger partial charge in [-0.25, -0.2) is 0 Å². The quantitative estimate of drug-likeness (QED) is 0.910. The van der Waals surface area contributed by atoms with Gasteiger partial charge in [0.1, 0.15) is 0 Å². The number of aliphatic carboxylic acids is 1. The van der Waals surface area contributed by atoms with Crippen molar-refractivity contribution in [2.24, 2.45) is 0 Å². The van der Waals surface area contributed by atoms with E-state index in [-0.39, 0.29) is 6.42 Å². The molecule has 2 rings (SSSR count). The molecule has 0 spiro atoms. The van der Waals surface area contributed by atoms with Gasteiger partial charge in [0.15, 0.2) is 0 Å². The summed E-state index contributed by atoms with van der Waals surface area (Å²) in [7, 11) is 0. The Morgan fingerprint density at radius 2 is 1.95 bits per heavy atom. The van der Waals surface area contributed by atoms with Crippen molar-refractivity contribution >= 4 is 5.97 Å². The van der Waals surface area contributed by atoms with Crippen molar-refractivity contribution in [1.82, 2.24) is 9.78 Å². The van der Waals surface area contributed by atoms with E-state index in [2.05, 4.69) is 24.2 Å². The summed E-state index contributed by atoms with van der Waals surface area (Å²) in [6.45, 7) is 6.77. The van der Waals surface area contributed by atoms with Gasteiger partial charge in [0.25, 0.3) is 0 Å². The molecule has 20 heavy (non-hydrogen) atoms. The number of aromatic nitrogens is 2. The van der Waals surface area contributed by atoms with E-state index in [9.17, 15) is 4.79 Å². The Balaban J connectivity index is 2.23. The van der Waals surface area contributed by atoms with Crippen molar-refractivity contribution in [3.63, 3.8) is 0 Å². The number of hydrogen-bond acceptors (Lipinski definition) is 2. The van der Waals surface area contributed by atoms with E-state index in [4.69, 9.17) is 5.11 Å². The van der Waals surface area contributed by atoms with Gasteiger partial charge in [0.2, 0.25) is 0 Å². The summed E-state index contributed by atoms with van der Waals surface area (Å²) in [6, 6.07) is 8.24. The summed E-state index contributed by atoms with van der Waals surface area (Å²) in [5.74, 6) is -0.768. The van der Waals surface area contributed by atoms with E-state index in [1.807, 2.05) is 30.7 Å². The second-order valence-corrected chi connectivity index (χ2v) is 5.13. The lowest BCUT2D eigenvalue weighted by atomic mass is 10.1. The molecule has 0 fully saturated rings. The fourth-order valence-corrected chi connectivity index (χ4v) is 2.43. The average Bonchev–Trinajstić information content (AvgIpc) is 2.65. The Morgan fingerprint density at radius 3 is 2.60 bits per heavy atom. The van der Waals surface area contributed by atoms with Crippen LogP contribution in [0.3, 0.4) is 0 Å². The second-order valence-electron chi connectivity index (χ2n) is 5.13. The van der Waals surface area contributed by atoms with Crippen LogP contribution >= 0.6 is 0 Å². The zero-order valence-corrected chi connectivity index (χ0v) is 12.2. The van der Waals surface area contributed by atoms with Crippen LogP contribution in [0.15, 0.2) is 24.3 Å². The van der Waals surface area contributed by atoms with Crippen molar-refractivity contribution in [3.8, 4) is 0 Å². The molecule has 0 radical (unpaired) electrons. The maximum Gasteiger partial charge on any atom is 0.303 e. The molecule has 1 heterocycles. The Morgan fingerprint density at radius 1 is 1.25 bits per heavy atom. The number of carboxylic acids is 1. The van der Waals surface area contributed by atoms with E-state index >= 15 is 0 Å². The van der Waals surface area contributed by atoms with Crippen LogP contribution in [0, 0.1) is 20.8 Å². The minimum absolute atomic E-state index is 0.151. The number of benzene rings is 1. The third-order valence-corrected chi connectivity index (χ3v) is 3.70. The molecule has 4 heteroatoms. The summed E-state index contributed by atoms with van der Waals surface area (Å²) in [6.07, 6.45) is 0.693. The van der Waals surface area contributed by atoms with Gasteiger partial charge < -0.3 is 5.11 Å². The van der Waals surface area contributed by atoms with Crippen LogP contribution in [0.25, 0.3) is 0 Å². The number of rotatable bonds is 5. The highest BCUT2D eigenvalue weighted by molar-refractivity contribution is 5.67. The van der Waals surface area contributed by atoms with Crippen LogP contribution in [0.1, 0.15) is 34.5 Å². The molecular weight excluding hydrogens is 252 g/mol. The van der Waals surface area contributed by atoms with Crippen molar-refractivity contribution in [1.29, 1.82) is 0 Å². The first kappa shape index (κ1) is 14.3. The minimum atomic E-state index is -0.768. The van der Waals surface area contributed by atoms with Gasteiger partial charge in [-0.15, -0.1) is 0 Å². The van der Waals surface area contributed by atoms with Crippen LogP contribution in [-0.2, 0) is 17.8 Å². The molecule has 0 saturated carbocycles. The summed E-state index contributed by atoms with van der Waals surface area (Å²) in [5.41, 5.74) is 5.53. The van der Waals surface area contributed by atoms with Crippen LogP contribution in [-0.4, -0.2) is 20.9 Å². The zero-order valence-electron chi connectivity index (χ0n) is 12.2. The fourth-order valence-electron chi connectivity index (χ4n) is 2.43. The van der Waals surface area contributed by atoms with Gasteiger partial charge in [-0.2, -0.15) is 5.10 Å². The minimum Gasteiger partial charge on any atom is -0.481 e. The van der Waals surface area contributed by atoms with E-state index < -0.39 is 5.97 Å². The van der Waals surface area contributed by atoms with Gasteiger partial charge in [0, 0.05) is 12.1 Å². The molecule has 0 atom stereocenters. The maximum absolute atomic E-state index is 10.7. The lowest BCUT2D eigenvalue weighted by Crippen LogP contribution is -2.06. The molecule has 0 aliphatic carbocycles. The first-order valence-corrected chi connectivity index (χ1v) is 6.78. The van der Waals surface area contributed by atoms with E-state index in [0.717, 1.165) is 23.5 Å². The van der Waals surface area contributed by atoms with Crippen molar-refractivity contribution < 1.29 is 9.90 Å². The number of nitrogens with zero attached hydrogens (tertiary/aromatic N) is 2. The molecule has 106 valence electrons. The number of carbonyl (C=O) groups is 1. The molecule has 0 aliphatic heterocycles. The Kier molecular flexibility index (Phi) is 4.23. The van der Waals surface area contributed by atoms with Crippen LogP contribution in [0.5, 0.6) is 0 Å². The highest BCUT2D eigenvalue weighted by Crippen LogP contribution is 2.17. The molecule has 1 N–H and O–H groups in total. The first-order chi connectivity index (χ1) is 9.49. The van der Waals surface area contributed by atoms with E-state index in [1.54, 1.807) is 0 Å². The summed E-state index contributed by atoms with van der Waals surface area (Å²) in [5, 5.41) is 13.4. The maximum atomic E-state index is 10.7. The molecular formula is C16H20N2O2. The molecule has 0 bridgehead atoms. The predicted molar refractivity (Wildman–Crippen MR) is 77.9 cm³/mol. The normalized spacial score (nSPS) is 10.8. The van der Waals surface area contributed by atoms with Gasteiger partial charge in [0.05, 0.1) is 12.2 Å². The molecule has 0 unspecified atom stereocenters. The molecule has 4 nitrogen and oxygen atoms in total. The monoisotopic (exact) mass is 272 g/mol. The number of hydrogen-bond donors (Lipinski definition) is 1. The molecule has 1 aromatic heterocycles. The molecule has 0 saturated heterocycles.